The van der Waals surface area contributed by atoms with Crippen molar-refractivity contribution in [2.45, 2.75) is 31.3 Å². The van der Waals surface area contributed by atoms with Crippen LogP contribution in [0.2, 0.25) is 0 Å². The molecule has 2 N–H and O–H groups in total. The van der Waals surface area contributed by atoms with E-state index >= 15 is 0 Å². The Labute approximate surface area is 140 Å². The number of alkyl halides is 3. The molecular weight excluding hydrogens is 325 g/mol. The van der Waals surface area contributed by atoms with E-state index in [0.29, 0.717) is 43.5 Å². The summed E-state index contributed by atoms with van der Waals surface area (Å²) >= 11 is 4.56. The molecule has 1 aromatic carbocycles. The number of thiol groups is 1. The van der Waals surface area contributed by atoms with E-state index in [4.69, 9.17) is 10.5 Å². The van der Waals surface area contributed by atoms with Crippen LogP contribution in [0.3, 0.4) is 0 Å². The molecule has 0 saturated carbocycles. The molecule has 1 heterocycles. The lowest BCUT2D eigenvalue weighted by molar-refractivity contribution is -0.137. The van der Waals surface area contributed by atoms with Crippen LogP contribution in [0.5, 0.6) is 5.75 Å². The first kappa shape index (κ1) is 18.4. The van der Waals surface area contributed by atoms with E-state index in [-0.39, 0.29) is 5.25 Å². The van der Waals surface area contributed by atoms with Crippen molar-refractivity contribution in [3.63, 3.8) is 0 Å². The fourth-order valence-electron chi connectivity index (χ4n) is 2.88. The maximum absolute atomic E-state index is 12.9. The van der Waals surface area contributed by atoms with Gasteiger partial charge >= 0.3 is 6.18 Å². The Bertz CT molecular complexity index is 525. The van der Waals surface area contributed by atoms with E-state index in [1.807, 2.05) is 6.92 Å². The molecule has 1 saturated heterocycles. The third-order valence-corrected chi connectivity index (χ3v) is 4.77. The van der Waals surface area contributed by atoms with Crippen LogP contribution in [0.4, 0.5) is 13.2 Å². The van der Waals surface area contributed by atoms with Gasteiger partial charge in [0.15, 0.2) is 0 Å². The summed E-state index contributed by atoms with van der Waals surface area (Å²) in [5.74, 6) is 0.875. The molecule has 0 bridgehead atoms. The lowest BCUT2D eigenvalue weighted by Crippen LogP contribution is -2.43. The second kappa shape index (κ2) is 7.77. The van der Waals surface area contributed by atoms with E-state index in [9.17, 15) is 13.2 Å². The Hall–Kier alpha value is -0.920. The first-order chi connectivity index (χ1) is 10.8. The lowest BCUT2D eigenvalue weighted by Gasteiger charge is -2.36. The van der Waals surface area contributed by atoms with Crippen LogP contribution in [0.1, 0.15) is 24.5 Å². The highest BCUT2D eigenvalue weighted by Crippen LogP contribution is 2.33. The average molecular weight is 348 g/mol. The summed E-state index contributed by atoms with van der Waals surface area (Å²) in [7, 11) is 0. The average Bonchev–Trinajstić information content (AvgIpc) is 2.48. The Morgan fingerprint density at radius 1 is 1.39 bits per heavy atom. The maximum atomic E-state index is 12.9. The monoisotopic (exact) mass is 348 g/mol. The van der Waals surface area contributed by atoms with Crippen LogP contribution < -0.4 is 10.5 Å². The van der Waals surface area contributed by atoms with Crippen molar-refractivity contribution in [3.05, 3.63) is 29.3 Å². The first-order valence-corrected chi connectivity index (χ1v) is 8.30. The van der Waals surface area contributed by atoms with Gasteiger partial charge in [0.05, 0.1) is 12.2 Å². The number of hydrogen-bond donors (Lipinski definition) is 2. The molecule has 1 aliphatic heterocycles. The molecule has 2 rings (SSSR count). The molecular formula is C16H23F3N2OS. The SMILES string of the molecule is CCOc1ccc(C(F)(F)F)cc1CN1CC[C@@H](CN)C(S)C1. The number of ether oxygens (including phenoxy) is 1. The summed E-state index contributed by atoms with van der Waals surface area (Å²) in [6.07, 6.45) is -3.44. The third-order valence-electron chi connectivity index (χ3n) is 4.19. The molecule has 0 aliphatic carbocycles. The molecule has 1 aliphatic rings. The molecule has 1 fully saturated rings. The summed E-state index contributed by atoms with van der Waals surface area (Å²) in [6, 6.07) is 3.66. The summed E-state index contributed by atoms with van der Waals surface area (Å²) in [4.78, 5) is 2.11. The highest BCUT2D eigenvalue weighted by Gasteiger charge is 2.32. The van der Waals surface area contributed by atoms with Crippen LogP contribution in [0, 0.1) is 5.92 Å². The molecule has 23 heavy (non-hydrogen) atoms. The summed E-state index contributed by atoms with van der Waals surface area (Å²) < 4.78 is 44.3. The van der Waals surface area contributed by atoms with E-state index in [1.54, 1.807) is 0 Å². The molecule has 1 aromatic rings. The Balaban J connectivity index is 2.17. The fraction of sp³-hybridized carbons (Fsp3) is 0.625. The van der Waals surface area contributed by atoms with Crippen molar-refractivity contribution in [3.8, 4) is 5.75 Å². The highest BCUT2D eigenvalue weighted by atomic mass is 32.1. The zero-order valence-corrected chi connectivity index (χ0v) is 14.0. The first-order valence-electron chi connectivity index (χ1n) is 7.78. The molecule has 130 valence electrons. The van der Waals surface area contributed by atoms with Crippen LogP contribution >= 0.6 is 12.6 Å². The summed E-state index contributed by atoms with van der Waals surface area (Å²) in [5.41, 5.74) is 5.63. The number of likely N-dealkylation sites (tertiary alicyclic amines) is 1. The Morgan fingerprint density at radius 3 is 2.70 bits per heavy atom. The normalized spacial score (nSPS) is 23.0. The molecule has 0 spiro atoms. The quantitative estimate of drug-likeness (QED) is 0.803. The second-order valence-corrected chi connectivity index (χ2v) is 6.50. The zero-order chi connectivity index (χ0) is 17.0. The standard InChI is InChI=1S/C16H23F3N2OS/c1-2-22-14-4-3-13(16(17,18)19)7-12(14)9-21-6-5-11(8-20)15(23)10-21/h3-4,7,11,15,23H,2,5-6,8-10,20H2,1H3/t11-,15?/m0/s1. The van der Waals surface area contributed by atoms with Crippen molar-refractivity contribution >= 4 is 12.6 Å². The van der Waals surface area contributed by atoms with E-state index in [2.05, 4.69) is 17.5 Å². The minimum absolute atomic E-state index is 0.148. The van der Waals surface area contributed by atoms with Crippen LogP contribution in [-0.4, -0.2) is 36.4 Å². The Morgan fingerprint density at radius 2 is 2.13 bits per heavy atom. The van der Waals surface area contributed by atoms with Gasteiger partial charge < -0.3 is 10.5 Å². The summed E-state index contributed by atoms with van der Waals surface area (Å²) in [6.45, 7) is 4.78. The molecule has 1 unspecified atom stereocenters. The number of halogens is 3. The maximum Gasteiger partial charge on any atom is 0.416 e. The molecule has 0 amide bonds. The van der Waals surface area contributed by atoms with Crippen LogP contribution in [0.25, 0.3) is 0 Å². The van der Waals surface area contributed by atoms with E-state index in [1.165, 1.54) is 12.1 Å². The molecule has 0 radical (unpaired) electrons. The highest BCUT2D eigenvalue weighted by molar-refractivity contribution is 7.81. The predicted octanol–water partition coefficient (Wildman–Crippen LogP) is 3.18. The van der Waals surface area contributed by atoms with Crippen molar-refractivity contribution in [1.82, 2.24) is 4.90 Å². The van der Waals surface area contributed by atoms with Gasteiger partial charge in [-0.25, -0.2) is 0 Å². The van der Waals surface area contributed by atoms with E-state index in [0.717, 1.165) is 19.0 Å². The van der Waals surface area contributed by atoms with E-state index < -0.39 is 11.7 Å². The van der Waals surface area contributed by atoms with Crippen LogP contribution in [-0.2, 0) is 12.7 Å². The predicted molar refractivity (Wildman–Crippen MR) is 87.8 cm³/mol. The van der Waals surface area contributed by atoms with Crippen molar-refractivity contribution in [2.24, 2.45) is 11.7 Å². The number of nitrogens with two attached hydrogens (primary N) is 1. The Kier molecular flexibility index (Phi) is 6.22. The smallest absolute Gasteiger partial charge is 0.416 e. The number of hydrogen-bond acceptors (Lipinski definition) is 4. The molecule has 0 aromatic heterocycles. The van der Waals surface area contributed by atoms with Gasteiger partial charge in [0, 0.05) is 23.9 Å². The molecule has 7 heteroatoms. The van der Waals surface area contributed by atoms with Gasteiger partial charge in [-0.05, 0) is 50.6 Å². The minimum atomic E-state index is -4.35. The van der Waals surface area contributed by atoms with Gasteiger partial charge in [-0.2, -0.15) is 25.8 Å². The number of piperidine rings is 1. The number of nitrogens with zero attached hydrogens (tertiary/aromatic N) is 1. The third kappa shape index (κ3) is 4.78. The molecule has 2 atom stereocenters. The largest absolute Gasteiger partial charge is 0.494 e. The van der Waals surface area contributed by atoms with Crippen LogP contribution in [0.15, 0.2) is 18.2 Å². The van der Waals surface area contributed by atoms with Gasteiger partial charge in [-0.15, -0.1) is 0 Å². The molecule has 3 nitrogen and oxygen atoms in total. The van der Waals surface area contributed by atoms with Gasteiger partial charge in [-0.3, -0.25) is 4.90 Å². The number of rotatable bonds is 5. The topological polar surface area (TPSA) is 38.5 Å². The summed E-state index contributed by atoms with van der Waals surface area (Å²) in [5, 5.41) is 0.148. The van der Waals surface area contributed by atoms with Crippen molar-refractivity contribution in [1.29, 1.82) is 0 Å². The zero-order valence-electron chi connectivity index (χ0n) is 13.1. The van der Waals surface area contributed by atoms with Gasteiger partial charge in [0.2, 0.25) is 0 Å². The number of benzene rings is 1. The van der Waals surface area contributed by atoms with Crippen molar-refractivity contribution in [2.75, 3.05) is 26.2 Å². The van der Waals surface area contributed by atoms with Gasteiger partial charge in [-0.1, -0.05) is 0 Å². The lowest BCUT2D eigenvalue weighted by atomic mass is 9.96. The van der Waals surface area contributed by atoms with Gasteiger partial charge in [0.25, 0.3) is 0 Å². The van der Waals surface area contributed by atoms with Crippen molar-refractivity contribution < 1.29 is 17.9 Å². The fourth-order valence-corrected chi connectivity index (χ4v) is 3.38. The van der Waals surface area contributed by atoms with Gasteiger partial charge in [0.1, 0.15) is 5.75 Å². The second-order valence-electron chi connectivity index (χ2n) is 5.84. The minimum Gasteiger partial charge on any atom is -0.494 e.